The number of ketones is 1. The van der Waals surface area contributed by atoms with Gasteiger partial charge in [0.15, 0.2) is 11.7 Å². The summed E-state index contributed by atoms with van der Waals surface area (Å²) in [5.74, 6) is -2.08. The van der Waals surface area contributed by atoms with Crippen LogP contribution >= 0.6 is 11.3 Å². The SMILES string of the molecule is COc1ccc(-c2csc(C(C#N)C(=O)c3ccc(F)c(NC(C)=O)c3)n2)cc1. The molecule has 3 aromatic rings. The van der Waals surface area contributed by atoms with Crippen molar-refractivity contribution in [1.82, 2.24) is 4.98 Å². The number of amides is 1. The number of ether oxygens (including phenoxy) is 1. The van der Waals surface area contributed by atoms with Crippen molar-refractivity contribution in [3.05, 3.63) is 64.2 Å². The summed E-state index contributed by atoms with van der Waals surface area (Å²) in [5.41, 5.74) is 1.46. The van der Waals surface area contributed by atoms with E-state index in [1.807, 2.05) is 18.2 Å². The lowest BCUT2D eigenvalue weighted by molar-refractivity contribution is -0.114. The highest BCUT2D eigenvalue weighted by Crippen LogP contribution is 2.30. The summed E-state index contributed by atoms with van der Waals surface area (Å²) in [6, 6.07) is 12.8. The van der Waals surface area contributed by atoms with Crippen LogP contribution < -0.4 is 10.1 Å². The molecule has 3 rings (SSSR count). The molecule has 0 aliphatic carbocycles. The minimum atomic E-state index is -1.14. The molecule has 1 unspecified atom stereocenters. The maximum absolute atomic E-state index is 13.8. The zero-order valence-electron chi connectivity index (χ0n) is 15.6. The van der Waals surface area contributed by atoms with Crippen molar-refractivity contribution in [3.8, 4) is 23.1 Å². The minimum Gasteiger partial charge on any atom is -0.497 e. The maximum Gasteiger partial charge on any atom is 0.221 e. The van der Waals surface area contributed by atoms with Crippen LogP contribution in [0.3, 0.4) is 0 Å². The quantitative estimate of drug-likeness (QED) is 0.609. The second-order valence-corrected chi connectivity index (χ2v) is 6.99. The fourth-order valence-corrected chi connectivity index (χ4v) is 3.54. The monoisotopic (exact) mass is 409 g/mol. The smallest absolute Gasteiger partial charge is 0.221 e. The number of hydrogen-bond acceptors (Lipinski definition) is 6. The topological polar surface area (TPSA) is 92.1 Å². The lowest BCUT2D eigenvalue weighted by Gasteiger charge is -2.09. The third-order valence-electron chi connectivity index (χ3n) is 4.11. The van der Waals surface area contributed by atoms with Gasteiger partial charge in [-0.25, -0.2) is 9.37 Å². The third-order valence-corrected chi connectivity index (χ3v) is 5.02. The molecule has 0 fully saturated rings. The number of nitriles is 1. The molecule has 1 heterocycles. The Bertz CT molecular complexity index is 1100. The van der Waals surface area contributed by atoms with Crippen molar-refractivity contribution in [3.63, 3.8) is 0 Å². The Morgan fingerprint density at radius 2 is 1.97 bits per heavy atom. The average Bonchev–Trinajstić information content (AvgIpc) is 3.19. The predicted octanol–water partition coefficient (Wildman–Crippen LogP) is 4.41. The first-order valence-electron chi connectivity index (χ1n) is 8.53. The van der Waals surface area contributed by atoms with E-state index in [1.165, 1.54) is 30.4 Å². The molecule has 146 valence electrons. The standard InChI is InChI=1S/C21H16FN3O3S/c1-12(26)24-18-9-14(5-8-17(18)22)20(27)16(10-23)21-25-19(11-29-21)13-3-6-15(28-2)7-4-13/h3-9,11,16H,1-2H3,(H,24,26). The summed E-state index contributed by atoms with van der Waals surface area (Å²) < 4.78 is 19.0. The van der Waals surface area contributed by atoms with Crippen molar-refractivity contribution in [2.24, 2.45) is 0 Å². The van der Waals surface area contributed by atoms with Gasteiger partial charge in [-0.2, -0.15) is 5.26 Å². The van der Waals surface area contributed by atoms with Crippen LogP contribution in [0.1, 0.15) is 28.2 Å². The van der Waals surface area contributed by atoms with Crippen LogP contribution in [0.4, 0.5) is 10.1 Å². The number of Topliss-reactive ketones (excluding diaryl/α,β-unsaturated/α-hetero) is 1. The van der Waals surface area contributed by atoms with Crippen LogP contribution in [-0.4, -0.2) is 23.8 Å². The lowest BCUT2D eigenvalue weighted by atomic mass is 9.98. The molecule has 1 atom stereocenters. The van der Waals surface area contributed by atoms with Crippen molar-refractivity contribution in [1.29, 1.82) is 5.26 Å². The molecule has 29 heavy (non-hydrogen) atoms. The van der Waals surface area contributed by atoms with Gasteiger partial charge in [-0.05, 0) is 42.5 Å². The Labute approximate surface area is 170 Å². The number of anilines is 1. The molecule has 8 heteroatoms. The van der Waals surface area contributed by atoms with Crippen LogP contribution in [0, 0.1) is 17.1 Å². The Hall–Kier alpha value is -3.57. The normalized spacial score (nSPS) is 11.4. The van der Waals surface area contributed by atoms with Crippen molar-refractivity contribution in [2.45, 2.75) is 12.8 Å². The van der Waals surface area contributed by atoms with E-state index >= 15 is 0 Å². The molecule has 2 aromatic carbocycles. The van der Waals surface area contributed by atoms with Gasteiger partial charge in [-0.1, -0.05) is 0 Å². The maximum atomic E-state index is 13.8. The number of halogens is 1. The fraction of sp³-hybridized carbons (Fsp3) is 0.143. The Morgan fingerprint density at radius 3 is 2.59 bits per heavy atom. The van der Waals surface area contributed by atoms with Crippen molar-refractivity contribution >= 4 is 28.7 Å². The molecular formula is C21H16FN3O3S. The molecule has 0 aliphatic rings. The molecular weight excluding hydrogens is 393 g/mol. The highest BCUT2D eigenvalue weighted by Gasteiger charge is 2.26. The molecule has 1 aromatic heterocycles. The Morgan fingerprint density at radius 1 is 1.24 bits per heavy atom. The number of nitrogens with zero attached hydrogens (tertiary/aromatic N) is 2. The van der Waals surface area contributed by atoms with Gasteiger partial charge in [0.1, 0.15) is 16.6 Å². The number of benzene rings is 2. The molecule has 0 bridgehead atoms. The highest BCUT2D eigenvalue weighted by atomic mass is 32.1. The van der Waals surface area contributed by atoms with Crippen LogP contribution in [0.25, 0.3) is 11.3 Å². The molecule has 1 N–H and O–H groups in total. The van der Waals surface area contributed by atoms with Gasteiger partial charge >= 0.3 is 0 Å². The third kappa shape index (κ3) is 4.47. The van der Waals surface area contributed by atoms with E-state index in [4.69, 9.17) is 4.74 Å². The summed E-state index contributed by atoms with van der Waals surface area (Å²) in [6.07, 6.45) is 0. The first kappa shape index (κ1) is 20.2. The Kier molecular flexibility index (Phi) is 6.00. The van der Waals surface area contributed by atoms with E-state index in [-0.39, 0.29) is 11.3 Å². The number of aromatic nitrogens is 1. The van der Waals surface area contributed by atoms with E-state index in [1.54, 1.807) is 24.6 Å². The zero-order valence-corrected chi connectivity index (χ0v) is 16.4. The molecule has 0 saturated carbocycles. The van der Waals surface area contributed by atoms with Gasteiger partial charge in [0.2, 0.25) is 5.91 Å². The zero-order chi connectivity index (χ0) is 21.0. The van der Waals surface area contributed by atoms with Crippen LogP contribution in [0.5, 0.6) is 5.75 Å². The van der Waals surface area contributed by atoms with E-state index in [0.29, 0.717) is 16.5 Å². The Balaban J connectivity index is 1.88. The van der Waals surface area contributed by atoms with Gasteiger partial charge in [0, 0.05) is 23.4 Å². The van der Waals surface area contributed by atoms with E-state index < -0.39 is 23.4 Å². The molecule has 0 radical (unpaired) electrons. The van der Waals surface area contributed by atoms with E-state index in [0.717, 1.165) is 11.6 Å². The van der Waals surface area contributed by atoms with Gasteiger partial charge in [-0.15, -0.1) is 11.3 Å². The first-order valence-corrected chi connectivity index (χ1v) is 9.41. The summed E-state index contributed by atoms with van der Waals surface area (Å²) in [6.45, 7) is 1.24. The van der Waals surface area contributed by atoms with E-state index in [2.05, 4.69) is 10.3 Å². The number of nitrogens with one attached hydrogen (secondary N) is 1. The largest absolute Gasteiger partial charge is 0.497 e. The van der Waals surface area contributed by atoms with Gasteiger partial charge in [0.05, 0.1) is 24.6 Å². The van der Waals surface area contributed by atoms with E-state index in [9.17, 15) is 19.2 Å². The van der Waals surface area contributed by atoms with Crippen molar-refractivity contribution < 1.29 is 18.7 Å². The number of thiazole rings is 1. The lowest BCUT2D eigenvalue weighted by Crippen LogP contribution is -2.13. The number of rotatable bonds is 6. The van der Waals surface area contributed by atoms with Crippen molar-refractivity contribution in [2.75, 3.05) is 12.4 Å². The summed E-state index contributed by atoms with van der Waals surface area (Å²) in [4.78, 5) is 28.5. The summed E-state index contributed by atoms with van der Waals surface area (Å²) in [5, 5.41) is 14.0. The summed E-state index contributed by atoms with van der Waals surface area (Å²) in [7, 11) is 1.58. The van der Waals surface area contributed by atoms with Crippen LogP contribution in [0.2, 0.25) is 0 Å². The van der Waals surface area contributed by atoms with Crippen LogP contribution in [0.15, 0.2) is 47.8 Å². The molecule has 0 spiro atoms. The molecule has 0 aliphatic heterocycles. The van der Waals surface area contributed by atoms with Gasteiger partial charge in [-0.3, -0.25) is 9.59 Å². The minimum absolute atomic E-state index is 0.113. The second kappa shape index (κ2) is 8.63. The average molecular weight is 409 g/mol. The molecule has 1 amide bonds. The predicted molar refractivity (Wildman–Crippen MR) is 107 cm³/mol. The second-order valence-electron chi connectivity index (χ2n) is 6.10. The van der Waals surface area contributed by atoms with Gasteiger partial charge < -0.3 is 10.1 Å². The fourth-order valence-electron chi connectivity index (χ4n) is 2.67. The number of methoxy groups -OCH3 is 1. The molecule has 6 nitrogen and oxygen atoms in total. The first-order chi connectivity index (χ1) is 13.9. The van der Waals surface area contributed by atoms with Gasteiger partial charge in [0.25, 0.3) is 0 Å². The summed E-state index contributed by atoms with van der Waals surface area (Å²) >= 11 is 1.20. The number of carbonyl (C=O) groups excluding carboxylic acids is 2. The number of hydrogen-bond donors (Lipinski definition) is 1. The molecule has 0 saturated heterocycles. The highest BCUT2D eigenvalue weighted by molar-refractivity contribution is 7.10. The number of carbonyl (C=O) groups is 2. The van der Waals surface area contributed by atoms with Crippen LogP contribution in [-0.2, 0) is 4.79 Å².